The molecule has 1 heterocycles. The van der Waals surface area contributed by atoms with E-state index in [4.69, 9.17) is 0 Å². The Morgan fingerprint density at radius 2 is 1.52 bits per heavy atom. The largest absolute Gasteiger partial charge is 1.00 e. The number of amides is 1. The zero-order chi connectivity index (χ0) is 18.4. The predicted molar refractivity (Wildman–Crippen MR) is 104 cm³/mol. The Morgan fingerprint density at radius 1 is 0.926 bits per heavy atom. The quantitative estimate of drug-likeness (QED) is 0.594. The van der Waals surface area contributed by atoms with Gasteiger partial charge in [-0.15, -0.1) is 0 Å². The van der Waals surface area contributed by atoms with Crippen molar-refractivity contribution in [2.75, 3.05) is 0 Å². The van der Waals surface area contributed by atoms with Gasteiger partial charge in [0, 0.05) is 24.1 Å². The summed E-state index contributed by atoms with van der Waals surface area (Å²) in [6.45, 7) is 4.75. The second-order valence-electron chi connectivity index (χ2n) is 6.51. The lowest BCUT2D eigenvalue weighted by atomic mass is 10.0. The van der Waals surface area contributed by atoms with Gasteiger partial charge in [-0.3, -0.25) is 4.79 Å². The van der Waals surface area contributed by atoms with Crippen LogP contribution in [0.4, 0.5) is 0 Å². The van der Waals surface area contributed by atoms with Crippen LogP contribution in [0.3, 0.4) is 0 Å². The number of aromatic nitrogens is 1. The van der Waals surface area contributed by atoms with Crippen molar-refractivity contribution in [2.24, 2.45) is 0 Å². The molecule has 0 radical (unpaired) electrons. The Morgan fingerprint density at radius 3 is 2.11 bits per heavy atom. The molecule has 0 fully saturated rings. The first-order valence-corrected chi connectivity index (χ1v) is 9.08. The van der Waals surface area contributed by atoms with E-state index < -0.39 is 0 Å². The molecule has 4 heteroatoms. The summed E-state index contributed by atoms with van der Waals surface area (Å²) in [4.78, 5) is 11.5. The van der Waals surface area contributed by atoms with Crippen molar-refractivity contribution in [3.8, 4) is 11.1 Å². The second kappa shape index (κ2) is 10.0. The van der Waals surface area contributed by atoms with E-state index in [1.54, 1.807) is 0 Å². The molecule has 1 N–H and O–H groups in total. The topological polar surface area (TPSA) is 33.0 Å². The van der Waals surface area contributed by atoms with E-state index in [0.29, 0.717) is 6.42 Å². The number of nitrogens with one attached hydrogen (secondary N) is 1. The molecular weight excluding hydrogens is 400 g/mol. The molecule has 1 amide bonds. The first-order valence-electron chi connectivity index (χ1n) is 9.08. The van der Waals surface area contributed by atoms with Gasteiger partial charge in [0.1, 0.15) is 0 Å². The number of benzene rings is 2. The third-order valence-electron chi connectivity index (χ3n) is 4.54. The van der Waals surface area contributed by atoms with Gasteiger partial charge >= 0.3 is 0 Å². The molecule has 0 bridgehead atoms. The van der Waals surface area contributed by atoms with Crippen LogP contribution in [0.25, 0.3) is 11.1 Å². The normalized spacial score (nSPS) is 11.3. The number of halogens is 1. The summed E-state index contributed by atoms with van der Waals surface area (Å²) in [7, 11) is 0. The van der Waals surface area contributed by atoms with Gasteiger partial charge in [-0.1, -0.05) is 61.5 Å². The maximum atomic E-state index is 11.5. The van der Waals surface area contributed by atoms with Crippen LogP contribution >= 0.6 is 0 Å². The first-order chi connectivity index (χ1) is 12.7. The average Bonchev–Trinajstić information content (AvgIpc) is 2.69. The molecule has 0 aliphatic carbocycles. The Kier molecular flexibility index (Phi) is 7.74. The minimum absolute atomic E-state index is 0. The average molecular weight is 425 g/mol. The predicted octanol–water partition coefficient (Wildman–Crippen LogP) is 1.28. The Balaban J connectivity index is 0.00000261. The number of hydrogen-bond acceptors (Lipinski definition) is 1. The molecule has 2 aromatic carbocycles. The molecule has 0 unspecified atom stereocenters. The molecule has 0 saturated carbocycles. The molecule has 3 nitrogen and oxygen atoms in total. The molecule has 27 heavy (non-hydrogen) atoms. The van der Waals surface area contributed by atoms with Crippen LogP contribution in [-0.2, 0) is 11.3 Å². The third kappa shape index (κ3) is 5.76. The van der Waals surface area contributed by atoms with Gasteiger partial charge in [0.15, 0.2) is 18.9 Å². The number of hydrogen-bond donors (Lipinski definition) is 1. The van der Waals surface area contributed by atoms with Crippen LogP contribution in [0.2, 0.25) is 0 Å². The summed E-state index contributed by atoms with van der Waals surface area (Å²) in [5.74, 6) is 0.0765. The fraction of sp³-hybridized carbons (Fsp3) is 0.217. The number of pyridine rings is 1. The van der Waals surface area contributed by atoms with Crippen LogP contribution in [0.15, 0.2) is 79.1 Å². The van der Waals surface area contributed by atoms with Crippen molar-refractivity contribution in [2.45, 2.75) is 32.9 Å². The molecule has 0 saturated heterocycles. The highest BCUT2D eigenvalue weighted by atomic mass is 79.9. The highest BCUT2D eigenvalue weighted by Crippen LogP contribution is 2.21. The fourth-order valence-electron chi connectivity index (χ4n) is 2.94. The summed E-state index contributed by atoms with van der Waals surface area (Å²) in [5, 5.41) is 2.99. The van der Waals surface area contributed by atoms with Crippen LogP contribution < -0.4 is 26.9 Å². The first kappa shape index (κ1) is 20.8. The van der Waals surface area contributed by atoms with E-state index in [1.165, 1.54) is 16.7 Å². The number of carbonyl (C=O) groups is 1. The zero-order valence-corrected chi connectivity index (χ0v) is 17.3. The van der Waals surface area contributed by atoms with Crippen LogP contribution in [0.1, 0.15) is 37.4 Å². The van der Waals surface area contributed by atoms with E-state index in [9.17, 15) is 4.79 Å². The molecule has 140 valence electrons. The van der Waals surface area contributed by atoms with Crippen molar-refractivity contribution < 1.29 is 26.3 Å². The number of carbonyl (C=O) groups excluding carboxylic acids is 1. The van der Waals surface area contributed by atoms with E-state index in [-0.39, 0.29) is 28.9 Å². The number of rotatable bonds is 6. The van der Waals surface area contributed by atoms with Crippen molar-refractivity contribution in [1.82, 2.24) is 5.32 Å². The highest BCUT2D eigenvalue weighted by Gasteiger charge is 2.09. The van der Waals surface area contributed by atoms with Crippen molar-refractivity contribution in [3.05, 3.63) is 90.3 Å². The van der Waals surface area contributed by atoms with Gasteiger partial charge in [-0.2, -0.15) is 0 Å². The third-order valence-corrected chi connectivity index (χ3v) is 4.54. The minimum atomic E-state index is 0. The monoisotopic (exact) mass is 424 g/mol. The molecule has 1 aromatic heterocycles. The molecule has 3 rings (SSSR count). The standard InChI is InChI=1S/C23H24N2O.BrH/c1-3-23(26)24-18(2)20-9-11-21(12-10-20)22-13-15-25(16-14-22)17-19-7-5-4-6-8-19;/h4-16,18H,3,17H2,1-2H3;1H/t18-;/m0./s1. The van der Waals surface area contributed by atoms with Crippen LogP contribution in [0, 0.1) is 0 Å². The summed E-state index contributed by atoms with van der Waals surface area (Å²) >= 11 is 0. The fourth-order valence-corrected chi connectivity index (χ4v) is 2.94. The lowest BCUT2D eigenvalue weighted by Crippen LogP contribution is -3.00. The maximum absolute atomic E-state index is 11.5. The van der Waals surface area contributed by atoms with Crippen molar-refractivity contribution >= 4 is 5.91 Å². The second-order valence-corrected chi connectivity index (χ2v) is 6.51. The van der Waals surface area contributed by atoms with Gasteiger partial charge < -0.3 is 22.3 Å². The molecule has 1 atom stereocenters. The van der Waals surface area contributed by atoms with Gasteiger partial charge in [-0.25, -0.2) is 4.57 Å². The smallest absolute Gasteiger partial charge is 0.220 e. The van der Waals surface area contributed by atoms with Crippen LogP contribution in [0.5, 0.6) is 0 Å². The summed E-state index contributed by atoms with van der Waals surface area (Å²) in [5.41, 5.74) is 4.77. The van der Waals surface area contributed by atoms with Crippen molar-refractivity contribution in [3.63, 3.8) is 0 Å². The number of nitrogens with zero attached hydrogens (tertiary/aromatic N) is 1. The Labute approximate surface area is 171 Å². The molecule has 0 aliphatic rings. The van der Waals surface area contributed by atoms with Gasteiger partial charge in [0.2, 0.25) is 5.91 Å². The van der Waals surface area contributed by atoms with E-state index in [1.807, 2.05) is 19.9 Å². The summed E-state index contributed by atoms with van der Waals surface area (Å²) in [6, 6.07) is 23.1. The highest BCUT2D eigenvalue weighted by molar-refractivity contribution is 5.76. The van der Waals surface area contributed by atoms with Gasteiger partial charge in [0.25, 0.3) is 0 Å². The molecule has 0 spiro atoms. The van der Waals surface area contributed by atoms with Crippen molar-refractivity contribution in [1.29, 1.82) is 0 Å². The van der Waals surface area contributed by atoms with E-state index in [0.717, 1.165) is 12.1 Å². The van der Waals surface area contributed by atoms with Crippen LogP contribution in [-0.4, -0.2) is 5.91 Å². The maximum Gasteiger partial charge on any atom is 0.220 e. The zero-order valence-electron chi connectivity index (χ0n) is 15.7. The molecule has 0 aliphatic heterocycles. The summed E-state index contributed by atoms with van der Waals surface area (Å²) < 4.78 is 2.18. The minimum Gasteiger partial charge on any atom is -1.00 e. The van der Waals surface area contributed by atoms with Gasteiger partial charge in [0.05, 0.1) is 6.04 Å². The lowest BCUT2D eigenvalue weighted by molar-refractivity contribution is -0.688. The lowest BCUT2D eigenvalue weighted by Gasteiger charge is -2.14. The Hall–Kier alpha value is -2.46. The van der Waals surface area contributed by atoms with E-state index >= 15 is 0 Å². The summed E-state index contributed by atoms with van der Waals surface area (Å²) in [6.07, 6.45) is 4.73. The Bertz CT molecular complexity index is 846. The SMILES string of the molecule is CCC(=O)N[C@@H](C)c1ccc(-c2cc[n+](Cc3ccccc3)cc2)cc1.[Br-]. The molecular formula is C23H25BrN2O. The van der Waals surface area contributed by atoms with E-state index in [2.05, 4.69) is 82.9 Å². The van der Waals surface area contributed by atoms with Gasteiger partial charge in [-0.05, 0) is 23.6 Å². The molecule has 3 aromatic rings.